The molecule has 0 aliphatic carbocycles. The predicted octanol–water partition coefficient (Wildman–Crippen LogP) is 3.55. The van der Waals surface area contributed by atoms with E-state index in [0.29, 0.717) is 25.4 Å². The standard InChI is InChI=1S/C22H31N3O3/c1-5-12-28-20-11-10-19(13-21(20)27-4)15-24-22(26)23-14-17-6-8-18(9-7-17)16-25(2)3/h6-11,13H,5,12,14-16H2,1-4H3,(H2,23,24,26). The molecule has 152 valence electrons. The lowest BCUT2D eigenvalue weighted by Gasteiger charge is -2.13. The molecule has 0 aromatic heterocycles. The molecule has 0 bridgehead atoms. The Bertz CT molecular complexity index is 745. The van der Waals surface area contributed by atoms with E-state index in [1.54, 1.807) is 7.11 Å². The van der Waals surface area contributed by atoms with E-state index in [1.165, 1.54) is 5.56 Å². The topological polar surface area (TPSA) is 62.8 Å². The molecule has 0 saturated carbocycles. The van der Waals surface area contributed by atoms with Gasteiger partial charge in [0.2, 0.25) is 0 Å². The zero-order valence-electron chi connectivity index (χ0n) is 17.2. The largest absolute Gasteiger partial charge is 0.493 e. The van der Waals surface area contributed by atoms with Gasteiger partial charge in [-0.05, 0) is 49.3 Å². The molecule has 0 spiro atoms. The van der Waals surface area contributed by atoms with Crippen molar-refractivity contribution in [2.45, 2.75) is 33.0 Å². The highest BCUT2D eigenvalue weighted by Crippen LogP contribution is 2.28. The van der Waals surface area contributed by atoms with Crippen molar-refractivity contribution in [3.8, 4) is 11.5 Å². The van der Waals surface area contributed by atoms with Crippen LogP contribution in [0.3, 0.4) is 0 Å². The molecular weight excluding hydrogens is 354 g/mol. The Labute approximate surface area is 167 Å². The van der Waals surface area contributed by atoms with Gasteiger partial charge in [-0.2, -0.15) is 0 Å². The Balaban J connectivity index is 1.80. The monoisotopic (exact) mass is 385 g/mol. The lowest BCUT2D eigenvalue weighted by molar-refractivity contribution is 0.240. The van der Waals surface area contributed by atoms with E-state index in [9.17, 15) is 4.79 Å². The second-order valence-electron chi connectivity index (χ2n) is 6.92. The highest BCUT2D eigenvalue weighted by atomic mass is 16.5. The zero-order chi connectivity index (χ0) is 20.4. The summed E-state index contributed by atoms with van der Waals surface area (Å²) in [6.45, 7) is 4.51. The van der Waals surface area contributed by atoms with Gasteiger partial charge in [-0.15, -0.1) is 0 Å². The van der Waals surface area contributed by atoms with Crippen molar-refractivity contribution < 1.29 is 14.3 Å². The van der Waals surface area contributed by atoms with Gasteiger partial charge in [-0.1, -0.05) is 37.3 Å². The van der Waals surface area contributed by atoms with E-state index in [-0.39, 0.29) is 6.03 Å². The summed E-state index contributed by atoms with van der Waals surface area (Å²) in [6.07, 6.45) is 0.936. The summed E-state index contributed by atoms with van der Waals surface area (Å²) in [5, 5.41) is 5.75. The number of hydrogen-bond acceptors (Lipinski definition) is 4. The van der Waals surface area contributed by atoms with Gasteiger partial charge in [0.05, 0.1) is 13.7 Å². The third-order valence-corrected chi connectivity index (χ3v) is 4.12. The van der Waals surface area contributed by atoms with Gasteiger partial charge in [-0.3, -0.25) is 0 Å². The summed E-state index contributed by atoms with van der Waals surface area (Å²) in [6, 6.07) is 13.7. The highest BCUT2D eigenvalue weighted by Gasteiger charge is 2.07. The Hall–Kier alpha value is -2.73. The van der Waals surface area contributed by atoms with Crippen LogP contribution in [0.1, 0.15) is 30.0 Å². The van der Waals surface area contributed by atoms with Crippen molar-refractivity contribution in [2.24, 2.45) is 0 Å². The van der Waals surface area contributed by atoms with Crippen molar-refractivity contribution in [3.63, 3.8) is 0 Å². The number of urea groups is 1. The molecule has 6 heteroatoms. The van der Waals surface area contributed by atoms with E-state index < -0.39 is 0 Å². The van der Waals surface area contributed by atoms with Crippen LogP contribution in [0.2, 0.25) is 0 Å². The lowest BCUT2D eigenvalue weighted by Crippen LogP contribution is -2.34. The summed E-state index contributed by atoms with van der Waals surface area (Å²) in [4.78, 5) is 14.2. The molecule has 2 aromatic rings. The number of methoxy groups -OCH3 is 1. The van der Waals surface area contributed by atoms with Gasteiger partial charge >= 0.3 is 6.03 Å². The van der Waals surface area contributed by atoms with Crippen LogP contribution in [-0.2, 0) is 19.6 Å². The Kier molecular flexibility index (Phi) is 8.62. The van der Waals surface area contributed by atoms with Gasteiger partial charge in [0.15, 0.2) is 11.5 Å². The molecule has 0 aliphatic heterocycles. The lowest BCUT2D eigenvalue weighted by atomic mass is 10.1. The predicted molar refractivity (Wildman–Crippen MR) is 112 cm³/mol. The third kappa shape index (κ3) is 7.12. The molecule has 6 nitrogen and oxygen atoms in total. The fourth-order valence-electron chi connectivity index (χ4n) is 2.71. The maximum atomic E-state index is 12.1. The van der Waals surface area contributed by atoms with Crippen LogP contribution in [-0.4, -0.2) is 38.7 Å². The second-order valence-corrected chi connectivity index (χ2v) is 6.92. The van der Waals surface area contributed by atoms with Crippen molar-refractivity contribution in [2.75, 3.05) is 27.8 Å². The molecule has 0 atom stereocenters. The first kappa shape index (κ1) is 21.6. The maximum Gasteiger partial charge on any atom is 0.315 e. The molecule has 28 heavy (non-hydrogen) atoms. The summed E-state index contributed by atoms with van der Waals surface area (Å²) >= 11 is 0. The summed E-state index contributed by atoms with van der Waals surface area (Å²) in [5.74, 6) is 1.39. The number of hydrogen-bond donors (Lipinski definition) is 2. The molecular formula is C22H31N3O3. The first-order valence-corrected chi connectivity index (χ1v) is 9.55. The molecule has 2 rings (SSSR count). The van der Waals surface area contributed by atoms with Crippen molar-refractivity contribution in [1.82, 2.24) is 15.5 Å². The molecule has 2 amide bonds. The van der Waals surface area contributed by atoms with Crippen LogP contribution >= 0.6 is 0 Å². The number of carbonyl (C=O) groups is 1. The van der Waals surface area contributed by atoms with E-state index >= 15 is 0 Å². The van der Waals surface area contributed by atoms with Gasteiger partial charge in [0.25, 0.3) is 0 Å². The molecule has 2 aromatic carbocycles. The summed E-state index contributed by atoms with van der Waals surface area (Å²) in [5.41, 5.74) is 3.26. The number of nitrogens with zero attached hydrogens (tertiary/aromatic N) is 1. The van der Waals surface area contributed by atoms with Crippen LogP contribution in [0.15, 0.2) is 42.5 Å². The first-order chi connectivity index (χ1) is 13.5. The van der Waals surface area contributed by atoms with Crippen LogP contribution in [0.4, 0.5) is 4.79 Å². The quantitative estimate of drug-likeness (QED) is 0.657. The van der Waals surface area contributed by atoms with Crippen molar-refractivity contribution in [3.05, 3.63) is 59.2 Å². The van der Waals surface area contributed by atoms with Crippen molar-refractivity contribution >= 4 is 6.03 Å². The SMILES string of the molecule is CCCOc1ccc(CNC(=O)NCc2ccc(CN(C)C)cc2)cc1OC. The Morgan fingerprint density at radius 2 is 1.54 bits per heavy atom. The minimum absolute atomic E-state index is 0.206. The summed E-state index contributed by atoms with van der Waals surface area (Å²) in [7, 11) is 5.70. The molecule has 0 heterocycles. The second kappa shape index (κ2) is 11.2. The van der Waals surface area contributed by atoms with Gasteiger partial charge in [0, 0.05) is 19.6 Å². The number of carbonyl (C=O) groups excluding carboxylic acids is 1. The van der Waals surface area contributed by atoms with E-state index in [4.69, 9.17) is 9.47 Å². The van der Waals surface area contributed by atoms with Crippen LogP contribution in [0.25, 0.3) is 0 Å². The highest BCUT2D eigenvalue weighted by molar-refractivity contribution is 5.73. The first-order valence-electron chi connectivity index (χ1n) is 9.55. The number of ether oxygens (including phenoxy) is 2. The average Bonchev–Trinajstić information content (AvgIpc) is 2.70. The summed E-state index contributed by atoms with van der Waals surface area (Å²) < 4.78 is 11.0. The number of benzene rings is 2. The fraction of sp³-hybridized carbons (Fsp3) is 0.409. The molecule has 0 aliphatic rings. The van der Waals surface area contributed by atoms with Crippen molar-refractivity contribution in [1.29, 1.82) is 0 Å². The normalized spacial score (nSPS) is 10.6. The Morgan fingerprint density at radius 1 is 0.929 bits per heavy atom. The fourth-order valence-corrected chi connectivity index (χ4v) is 2.71. The van der Waals surface area contributed by atoms with E-state index in [2.05, 4.69) is 34.6 Å². The van der Waals surface area contributed by atoms with Crippen LogP contribution < -0.4 is 20.1 Å². The van der Waals surface area contributed by atoms with Gasteiger partial charge < -0.3 is 25.0 Å². The molecule has 2 N–H and O–H groups in total. The van der Waals surface area contributed by atoms with E-state index in [1.807, 2.05) is 44.4 Å². The molecule has 0 saturated heterocycles. The molecule has 0 fully saturated rings. The van der Waals surface area contributed by atoms with Gasteiger partial charge in [-0.25, -0.2) is 4.79 Å². The maximum absolute atomic E-state index is 12.1. The molecule has 0 unspecified atom stereocenters. The number of nitrogens with one attached hydrogen (secondary N) is 2. The van der Waals surface area contributed by atoms with E-state index in [0.717, 1.165) is 29.8 Å². The van der Waals surface area contributed by atoms with Crippen LogP contribution in [0.5, 0.6) is 11.5 Å². The van der Waals surface area contributed by atoms with Gasteiger partial charge in [0.1, 0.15) is 0 Å². The minimum atomic E-state index is -0.206. The zero-order valence-corrected chi connectivity index (χ0v) is 17.2. The number of rotatable bonds is 10. The molecule has 0 radical (unpaired) electrons. The smallest absolute Gasteiger partial charge is 0.315 e. The average molecular weight is 386 g/mol. The Morgan fingerprint density at radius 3 is 2.14 bits per heavy atom. The number of amides is 2. The van der Waals surface area contributed by atoms with Crippen LogP contribution in [0, 0.1) is 0 Å². The minimum Gasteiger partial charge on any atom is -0.493 e. The third-order valence-electron chi connectivity index (χ3n) is 4.12.